The molecule has 1 aliphatic heterocycles. The van der Waals surface area contributed by atoms with Gasteiger partial charge >= 0.3 is 0 Å². The van der Waals surface area contributed by atoms with Gasteiger partial charge in [0.25, 0.3) is 0 Å². The highest BCUT2D eigenvalue weighted by Gasteiger charge is 2.35. The van der Waals surface area contributed by atoms with Crippen LogP contribution in [0.3, 0.4) is 0 Å². The first-order chi connectivity index (χ1) is 8.63. The Bertz CT molecular complexity index is 255. The van der Waals surface area contributed by atoms with Gasteiger partial charge in [0, 0.05) is 24.7 Å². The van der Waals surface area contributed by atoms with Crippen molar-refractivity contribution in [2.45, 2.75) is 58.0 Å². The number of nitrogens with one attached hydrogen (secondary N) is 1. The topological polar surface area (TPSA) is 24.5 Å². The fourth-order valence-electron chi connectivity index (χ4n) is 3.37. The van der Waals surface area contributed by atoms with Crippen molar-refractivity contribution < 1.29 is 4.74 Å². The minimum Gasteiger partial charge on any atom is -0.378 e. The molecule has 2 rings (SSSR count). The van der Waals surface area contributed by atoms with Gasteiger partial charge in [0.2, 0.25) is 0 Å². The SMILES string of the molecule is CCCNC1CCCC1CN1CCOCC1(C)C. The highest BCUT2D eigenvalue weighted by atomic mass is 16.5. The summed E-state index contributed by atoms with van der Waals surface area (Å²) in [4.78, 5) is 2.65. The van der Waals surface area contributed by atoms with Crippen LogP contribution in [0.5, 0.6) is 0 Å². The van der Waals surface area contributed by atoms with E-state index in [9.17, 15) is 0 Å². The summed E-state index contributed by atoms with van der Waals surface area (Å²) in [5.41, 5.74) is 0.218. The first-order valence-corrected chi connectivity index (χ1v) is 7.69. The third-order valence-corrected chi connectivity index (χ3v) is 4.59. The number of ether oxygens (including phenoxy) is 1. The van der Waals surface area contributed by atoms with Gasteiger partial charge in [-0.1, -0.05) is 13.3 Å². The van der Waals surface area contributed by atoms with Crippen molar-refractivity contribution in [3.63, 3.8) is 0 Å². The number of rotatable bonds is 5. The molecule has 2 aliphatic rings. The van der Waals surface area contributed by atoms with Crippen LogP contribution in [0.25, 0.3) is 0 Å². The number of morpholine rings is 1. The molecule has 3 heteroatoms. The number of nitrogens with zero attached hydrogens (tertiary/aromatic N) is 1. The van der Waals surface area contributed by atoms with Crippen molar-refractivity contribution in [1.29, 1.82) is 0 Å². The molecule has 0 spiro atoms. The Morgan fingerprint density at radius 1 is 1.33 bits per heavy atom. The maximum atomic E-state index is 5.61. The first kappa shape index (κ1) is 14.3. The van der Waals surface area contributed by atoms with Gasteiger partial charge < -0.3 is 10.1 Å². The Morgan fingerprint density at radius 2 is 2.17 bits per heavy atom. The molecule has 106 valence electrons. The summed E-state index contributed by atoms with van der Waals surface area (Å²) in [6.07, 6.45) is 5.41. The molecule has 1 N–H and O–H groups in total. The predicted molar refractivity (Wildman–Crippen MR) is 75.9 cm³/mol. The second-order valence-corrected chi connectivity index (χ2v) is 6.56. The lowest BCUT2D eigenvalue weighted by molar-refractivity contribution is -0.0580. The van der Waals surface area contributed by atoms with E-state index in [1.807, 2.05) is 0 Å². The Balaban J connectivity index is 1.87. The molecule has 3 nitrogen and oxygen atoms in total. The van der Waals surface area contributed by atoms with Gasteiger partial charge in [-0.05, 0) is 45.6 Å². The lowest BCUT2D eigenvalue weighted by Gasteiger charge is -2.44. The summed E-state index contributed by atoms with van der Waals surface area (Å²) >= 11 is 0. The van der Waals surface area contributed by atoms with Crippen LogP contribution < -0.4 is 5.32 Å². The van der Waals surface area contributed by atoms with E-state index >= 15 is 0 Å². The molecular weight excluding hydrogens is 224 g/mol. The third kappa shape index (κ3) is 3.46. The lowest BCUT2D eigenvalue weighted by Crippen LogP contribution is -2.55. The van der Waals surface area contributed by atoms with Crippen LogP contribution in [-0.2, 0) is 4.74 Å². The summed E-state index contributed by atoms with van der Waals surface area (Å²) < 4.78 is 5.61. The normalized spacial score (nSPS) is 32.8. The van der Waals surface area contributed by atoms with Crippen LogP contribution in [0.2, 0.25) is 0 Å². The Morgan fingerprint density at radius 3 is 2.89 bits per heavy atom. The highest BCUT2D eigenvalue weighted by Crippen LogP contribution is 2.29. The summed E-state index contributed by atoms with van der Waals surface area (Å²) in [6, 6.07) is 0.753. The highest BCUT2D eigenvalue weighted by molar-refractivity contribution is 4.90. The summed E-state index contributed by atoms with van der Waals surface area (Å²) in [5.74, 6) is 0.842. The zero-order valence-corrected chi connectivity index (χ0v) is 12.4. The van der Waals surface area contributed by atoms with Crippen LogP contribution in [0.4, 0.5) is 0 Å². The first-order valence-electron chi connectivity index (χ1n) is 7.69. The predicted octanol–water partition coefficient (Wildman–Crippen LogP) is 2.27. The van der Waals surface area contributed by atoms with Gasteiger partial charge in [-0.15, -0.1) is 0 Å². The zero-order chi connectivity index (χ0) is 13.0. The van der Waals surface area contributed by atoms with E-state index in [1.165, 1.54) is 38.8 Å². The van der Waals surface area contributed by atoms with E-state index in [-0.39, 0.29) is 5.54 Å². The van der Waals surface area contributed by atoms with E-state index in [0.29, 0.717) is 0 Å². The Kier molecular flexibility index (Phi) is 5.05. The number of hydrogen-bond acceptors (Lipinski definition) is 3. The molecule has 0 aromatic rings. The summed E-state index contributed by atoms with van der Waals surface area (Å²) in [7, 11) is 0. The Hall–Kier alpha value is -0.120. The fourth-order valence-corrected chi connectivity index (χ4v) is 3.37. The van der Waals surface area contributed by atoms with Crippen LogP contribution in [-0.4, -0.2) is 49.3 Å². The minimum absolute atomic E-state index is 0.218. The second-order valence-electron chi connectivity index (χ2n) is 6.56. The molecule has 1 heterocycles. The van der Waals surface area contributed by atoms with Crippen molar-refractivity contribution in [2.75, 3.05) is 32.8 Å². The summed E-state index contributed by atoms with van der Waals surface area (Å²) in [6.45, 7) is 12.2. The van der Waals surface area contributed by atoms with Crippen molar-refractivity contribution in [3.8, 4) is 0 Å². The monoisotopic (exact) mass is 254 g/mol. The maximum Gasteiger partial charge on any atom is 0.0645 e. The van der Waals surface area contributed by atoms with E-state index < -0.39 is 0 Å². The van der Waals surface area contributed by atoms with Gasteiger partial charge in [0.05, 0.1) is 13.2 Å². The minimum atomic E-state index is 0.218. The molecule has 0 aromatic heterocycles. The molecule has 0 aromatic carbocycles. The standard InChI is InChI=1S/C15H30N2O/c1-4-8-16-14-7-5-6-13(14)11-17-9-10-18-12-15(17,2)3/h13-14,16H,4-12H2,1-3H3. The van der Waals surface area contributed by atoms with Gasteiger partial charge in [-0.2, -0.15) is 0 Å². The quantitative estimate of drug-likeness (QED) is 0.814. The molecule has 2 unspecified atom stereocenters. The van der Waals surface area contributed by atoms with Crippen molar-refractivity contribution >= 4 is 0 Å². The molecule has 1 saturated heterocycles. The van der Waals surface area contributed by atoms with E-state index in [2.05, 4.69) is 31.0 Å². The molecule has 0 amide bonds. The average molecular weight is 254 g/mol. The molecule has 18 heavy (non-hydrogen) atoms. The largest absolute Gasteiger partial charge is 0.378 e. The van der Waals surface area contributed by atoms with Gasteiger partial charge in [-0.3, -0.25) is 4.90 Å². The molecule has 0 radical (unpaired) electrons. The fraction of sp³-hybridized carbons (Fsp3) is 1.00. The van der Waals surface area contributed by atoms with Crippen LogP contribution in [0.15, 0.2) is 0 Å². The second kappa shape index (κ2) is 6.36. The molecule has 1 aliphatic carbocycles. The van der Waals surface area contributed by atoms with E-state index in [0.717, 1.165) is 31.7 Å². The molecule has 2 atom stereocenters. The lowest BCUT2D eigenvalue weighted by atomic mass is 9.96. The van der Waals surface area contributed by atoms with E-state index in [4.69, 9.17) is 4.74 Å². The smallest absolute Gasteiger partial charge is 0.0645 e. The van der Waals surface area contributed by atoms with E-state index in [1.54, 1.807) is 0 Å². The number of hydrogen-bond donors (Lipinski definition) is 1. The van der Waals surface area contributed by atoms with Crippen LogP contribution >= 0.6 is 0 Å². The maximum absolute atomic E-state index is 5.61. The van der Waals surface area contributed by atoms with Gasteiger partial charge in [-0.25, -0.2) is 0 Å². The molecular formula is C15H30N2O. The average Bonchev–Trinajstić information content (AvgIpc) is 2.76. The Labute approximate surface area is 112 Å². The molecule has 0 bridgehead atoms. The van der Waals surface area contributed by atoms with Crippen LogP contribution in [0, 0.1) is 5.92 Å². The van der Waals surface area contributed by atoms with Crippen molar-refractivity contribution in [2.24, 2.45) is 5.92 Å². The molecule has 1 saturated carbocycles. The van der Waals surface area contributed by atoms with Crippen LogP contribution in [0.1, 0.15) is 46.5 Å². The van der Waals surface area contributed by atoms with Gasteiger partial charge in [0.1, 0.15) is 0 Å². The molecule has 2 fully saturated rings. The summed E-state index contributed by atoms with van der Waals surface area (Å²) in [5, 5.41) is 3.74. The van der Waals surface area contributed by atoms with Crippen molar-refractivity contribution in [3.05, 3.63) is 0 Å². The van der Waals surface area contributed by atoms with Gasteiger partial charge in [0.15, 0.2) is 0 Å². The zero-order valence-electron chi connectivity index (χ0n) is 12.4. The van der Waals surface area contributed by atoms with Crippen molar-refractivity contribution in [1.82, 2.24) is 10.2 Å². The third-order valence-electron chi connectivity index (χ3n) is 4.59.